The van der Waals surface area contributed by atoms with Crippen LogP contribution in [0.15, 0.2) is 22.7 Å². The maximum absolute atomic E-state index is 13.8. The summed E-state index contributed by atoms with van der Waals surface area (Å²) in [5, 5.41) is 4.48. The van der Waals surface area contributed by atoms with E-state index >= 15 is 0 Å². The van der Waals surface area contributed by atoms with Gasteiger partial charge in [-0.2, -0.15) is 5.10 Å². The standard InChI is InChI=1S/C15H18BrF2N3/c1-3-12-14(16)13(21(4-2)20-12)8-11(19)9-6-5-7-10(17)15(9)18/h5-7,11H,3-4,8,19H2,1-2H3. The maximum atomic E-state index is 13.8. The zero-order chi connectivity index (χ0) is 15.6. The number of aromatic nitrogens is 2. The number of benzene rings is 1. The Bertz CT molecular complexity index is 640. The molecule has 0 aliphatic carbocycles. The average molecular weight is 358 g/mol. The Kier molecular flexibility index (Phi) is 5.11. The molecule has 0 saturated carbocycles. The van der Waals surface area contributed by atoms with E-state index < -0.39 is 17.7 Å². The number of aryl methyl sites for hydroxylation is 2. The van der Waals surface area contributed by atoms with Crippen molar-refractivity contribution < 1.29 is 8.78 Å². The number of rotatable bonds is 5. The molecule has 2 N–H and O–H groups in total. The van der Waals surface area contributed by atoms with Crippen molar-refractivity contribution in [3.8, 4) is 0 Å². The molecule has 0 spiro atoms. The smallest absolute Gasteiger partial charge is 0.163 e. The first-order valence-corrected chi connectivity index (χ1v) is 7.72. The highest BCUT2D eigenvalue weighted by Gasteiger charge is 2.20. The van der Waals surface area contributed by atoms with Crippen molar-refractivity contribution in [2.24, 2.45) is 5.73 Å². The van der Waals surface area contributed by atoms with E-state index in [-0.39, 0.29) is 5.56 Å². The van der Waals surface area contributed by atoms with Gasteiger partial charge in [0.1, 0.15) is 0 Å². The molecule has 1 aromatic heterocycles. The molecule has 6 heteroatoms. The first kappa shape index (κ1) is 16.1. The van der Waals surface area contributed by atoms with Gasteiger partial charge in [0.05, 0.1) is 15.9 Å². The molecule has 114 valence electrons. The van der Waals surface area contributed by atoms with E-state index in [0.717, 1.165) is 28.3 Å². The van der Waals surface area contributed by atoms with Gasteiger partial charge in [0.15, 0.2) is 11.6 Å². The van der Waals surface area contributed by atoms with Crippen LogP contribution in [0.5, 0.6) is 0 Å². The highest BCUT2D eigenvalue weighted by molar-refractivity contribution is 9.10. The lowest BCUT2D eigenvalue weighted by atomic mass is 10.0. The molecule has 21 heavy (non-hydrogen) atoms. The van der Waals surface area contributed by atoms with E-state index in [0.29, 0.717) is 13.0 Å². The minimum atomic E-state index is -0.876. The summed E-state index contributed by atoms with van der Waals surface area (Å²) in [4.78, 5) is 0. The molecule has 0 amide bonds. The summed E-state index contributed by atoms with van der Waals surface area (Å²) in [5.74, 6) is -1.75. The number of hydrogen-bond acceptors (Lipinski definition) is 2. The molecule has 3 nitrogen and oxygen atoms in total. The zero-order valence-electron chi connectivity index (χ0n) is 12.0. The highest BCUT2D eigenvalue weighted by Crippen LogP contribution is 2.27. The summed E-state index contributed by atoms with van der Waals surface area (Å²) < 4.78 is 29.9. The molecule has 1 unspecified atom stereocenters. The number of nitrogens with two attached hydrogens (primary N) is 1. The lowest BCUT2D eigenvalue weighted by molar-refractivity contribution is 0.484. The number of nitrogens with zero attached hydrogens (tertiary/aromatic N) is 2. The lowest BCUT2D eigenvalue weighted by Gasteiger charge is -2.14. The van der Waals surface area contributed by atoms with E-state index in [2.05, 4.69) is 21.0 Å². The topological polar surface area (TPSA) is 43.8 Å². The van der Waals surface area contributed by atoms with Crippen LogP contribution in [0.1, 0.15) is 36.8 Å². The first-order chi connectivity index (χ1) is 9.99. The minimum absolute atomic E-state index is 0.184. The van der Waals surface area contributed by atoms with Crippen LogP contribution in [0.3, 0.4) is 0 Å². The van der Waals surface area contributed by atoms with Gasteiger partial charge in [-0.05, 0) is 35.3 Å². The van der Waals surface area contributed by atoms with Gasteiger partial charge >= 0.3 is 0 Å². The Morgan fingerprint density at radius 1 is 1.33 bits per heavy atom. The Hall–Kier alpha value is -1.27. The third-order valence-electron chi connectivity index (χ3n) is 3.49. The Morgan fingerprint density at radius 3 is 2.67 bits per heavy atom. The molecule has 0 aliphatic heterocycles. The van der Waals surface area contributed by atoms with Crippen molar-refractivity contribution in [3.05, 3.63) is 51.3 Å². The zero-order valence-corrected chi connectivity index (χ0v) is 13.6. The van der Waals surface area contributed by atoms with Gasteiger partial charge in [0.2, 0.25) is 0 Å². The predicted octanol–water partition coefficient (Wildman–Crippen LogP) is 3.75. The SMILES string of the molecule is CCc1nn(CC)c(CC(N)c2cccc(F)c2F)c1Br. The molecule has 2 rings (SSSR count). The molecule has 2 aromatic rings. The van der Waals surface area contributed by atoms with E-state index in [4.69, 9.17) is 5.73 Å². The normalized spacial score (nSPS) is 12.7. The van der Waals surface area contributed by atoms with Crippen LogP contribution < -0.4 is 5.73 Å². The third kappa shape index (κ3) is 3.16. The van der Waals surface area contributed by atoms with Gasteiger partial charge in [-0.15, -0.1) is 0 Å². The summed E-state index contributed by atoms with van der Waals surface area (Å²) >= 11 is 3.53. The fourth-order valence-corrected chi connectivity index (χ4v) is 3.06. The summed E-state index contributed by atoms with van der Waals surface area (Å²) in [6.07, 6.45) is 1.19. The maximum Gasteiger partial charge on any atom is 0.163 e. The van der Waals surface area contributed by atoms with Gasteiger partial charge < -0.3 is 5.73 Å². The van der Waals surface area contributed by atoms with Crippen LogP contribution in [-0.4, -0.2) is 9.78 Å². The van der Waals surface area contributed by atoms with Crippen LogP contribution in [-0.2, 0) is 19.4 Å². The van der Waals surface area contributed by atoms with Crippen molar-refractivity contribution in [1.29, 1.82) is 0 Å². The van der Waals surface area contributed by atoms with Crippen molar-refractivity contribution >= 4 is 15.9 Å². The average Bonchev–Trinajstić information content (AvgIpc) is 2.78. The van der Waals surface area contributed by atoms with Crippen LogP contribution in [0.2, 0.25) is 0 Å². The van der Waals surface area contributed by atoms with Crippen LogP contribution in [0.25, 0.3) is 0 Å². The van der Waals surface area contributed by atoms with Crippen LogP contribution in [0, 0.1) is 11.6 Å². The highest BCUT2D eigenvalue weighted by atomic mass is 79.9. The van der Waals surface area contributed by atoms with Crippen molar-refractivity contribution in [3.63, 3.8) is 0 Å². The Labute approximate surface area is 131 Å². The monoisotopic (exact) mass is 357 g/mol. The Morgan fingerprint density at radius 2 is 2.05 bits per heavy atom. The van der Waals surface area contributed by atoms with E-state index in [1.54, 1.807) is 0 Å². The molecule has 0 saturated heterocycles. The second-order valence-electron chi connectivity index (χ2n) is 4.83. The summed E-state index contributed by atoms with van der Waals surface area (Å²) in [6, 6.07) is 3.46. The van der Waals surface area contributed by atoms with Gasteiger partial charge in [-0.25, -0.2) is 8.78 Å². The molecule has 1 heterocycles. The molecule has 0 bridgehead atoms. The summed E-state index contributed by atoms with van der Waals surface area (Å²) in [7, 11) is 0. The second kappa shape index (κ2) is 6.66. The molecular formula is C15H18BrF2N3. The predicted molar refractivity (Wildman–Crippen MR) is 82.0 cm³/mol. The molecule has 1 atom stereocenters. The van der Waals surface area contributed by atoms with Crippen LogP contribution in [0.4, 0.5) is 8.78 Å². The fourth-order valence-electron chi connectivity index (χ4n) is 2.34. The van der Waals surface area contributed by atoms with Gasteiger partial charge in [-0.3, -0.25) is 4.68 Å². The molecule has 1 aromatic carbocycles. The third-order valence-corrected chi connectivity index (χ3v) is 4.40. The molecular weight excluding hydrogens is 340 g/mol. The van der Waals surface area contributed by atoms with E-state index in [1.165, 1.54) is 12.1 Å². The van der Waals surface area contributed by atoms with Crippen molar-refractivity contribution in [1.82, 2.24) is 9.78 Å². The van der Waals surface area contributed by atoms with Crippen molar-refractivity contribution in [2.45, 2.75) is 39.3 Å². The van der Waals surface area contributed by atoms with E-state index in [9.17, 15) is 8.78 Å². The van der Waals surface area contributed by atoms with Crippen molar-refractivity contribution in [2.75, 3.05) is 0 Å². The van der Waals surface area contributed by atoms with Crippen LogP contribution >= 0.6 is 15.9 Å². The molecule has 0 aliphatic rings. The second-order valence-corrected chi connectivity index (χ2v) is 5.62. The van der Waals surface area contributed by atoms with Gasteiger partial charge in [-0.1, -0.05) is 19.1 Å². The minimum Gasteiger partial charge on any atom is -0.324 e. The fraction of sp³-hybridized carbons (Fsp3) is 0.400. The first-order valence-electron chi connectivity index (χ1n) is 6.93. The molecule has 0 radical (unpaired) electrons. The lowest BCUT2D eigenvalue weighted by Crippen LogP contribution is -2.18. The van der Waals surface area contributed by atoms with Gasteiger partial charge in [0, 0.05) is 24.6 Å². The largest absolute Gasteiger partial charge is 0.324 e. The quantitative estimate of drug-likeness (QED) is 0.885. The number of halogens is 3. The number of hydrogen-bond donors (Lipinski definition) is 1. The molecule has 0 fully saturated rings. The Balaban J connectivity index is 2.33. The summed E-state index contributed by atoms with van der Waals surface area (Å²) in [6.45, 7) is 4.70. The van der Waals surface area contributed by atoms with E-state index in [1.807, 2.05) is 18.5 Å². The van der Waals surface area contributed by atoms with Gasteiger partial charge in [0.25, 0.3) is 0 Å². The summed E-state index contributed by atoms with van der Waals surface area (Å²) in [5.41, 5.74) is 8.11.